The average molecular weight is 648 g/mol. The summed E-state index contributed by atoms with van der Waals surface area (Å²) in [6.45, 7) is -1.70. The molecule has 0 aliphatic carbocycles. The first-order chi connectivity index (χ1) is 20.7. The number of ether oxygens (including phenoxy) is 6. The first kappa shape index (κ1) is 36.8. The quantitative estimate of drug-likeness (QED) is 0.0935. The minimum Gasteiger partial charge on any atom is -0.477 e. The van der Waals surface area contributed by atoms with Crippen molar-refractivity contribution in [3.05, 3.63) is 0 Å². The molecule has 12 N–H and O–H groups in total. The SMILES string of the molecule is CO[C@H]1C[C@](O[C@H]2[C@@H](O)[C@@H](CO)O[C@@H](O[C@H]3[C@H](O)[C@@H](O)[C@H](O)O[C@@H]3CO)[C@@H]2O)(C(=O)O)O[C@@H]([C@H](O)[C@H](O)CO)[C@@H]1NC(C)=O. The van der Waals surface area contributed by atoms with E-state index >= 15 is 0 Å². The molecule has 0 saturated carbocycles. The van der Waals surface area contributed by atoms with Gasteiger partial charge in [0, 0.05) is 20.5 Å². The van der Waals surface area contributed by atoms with E-state index in [1.807, 2.05) is 0 Å². The monoisotopic (exact) mass is 647 g/mol. The maximum absolute atomic E-state index is 12.7. The van der Waals surface area contributed by atoms with Gasteiger partial charge in [-0.05, 0) is 0 Å². The fraction of sp³-hybridized carbons (Fsp3) is 0.917. The number of aliphatic hydroxyl groups excluding tert-OH is 10. The summed E-state index contributed by atoms with van der Waals surface area (Å²) in [7, 11) is 1.13. The number of methoxy groups -OCH3 is 1. The minimum atomic E-state index is -2.90. The van der Waals surface area contributed by atoms with Gasteiger partial charge in [-0.25, -0.2) is 4.79 Å². The van der Waals surface area contributed by atoms with Crippen molar-refractivity contribution in [3.63, 3.8) is 0 Å². The van der Waals surface area contributed by atoms with Crippen molar-refractivity contribution < 1.29 is 94.2 Å². The van der Waals surface area contributed by atoms with Gasteiger partial charge in [-0.1, -0.05) is 0 Å². The second-order valence-corrected chi connectivity index (χ2v) is 10.7. The molecule has 0 aromatic carbocycles. The standard InChI is InChI=1S/C24H41NO19/c1-7(29)25-12-9(39-2)3-24(23(37)38,43-19(12)13(31)8(30)4-26)44-20-14(32)10(5-27)41-22(17(20)35)42-18-11(6-28)40-21(36)16(34)15(18)33/h8-22,26-28,30-36H,3-6H2,1-2H3,(H,25,29)(H,37,38)/t8-,9+,10-,11-,12-,13-,14+,15-,16-,17-,18-,19-,20+,21-,22+,24+/m1/s1. The Morgan fingerprint density at radius 1 is 0.932 bits per heavy atom. The summed E-state index contributed by atoms with van der Waals surface area (Å²) < 4.78 is 32.6. The van der Waals surface area contributed by atoms with E-state index in [9.17, 15) is 65.8 Å². The Kier molecular flexibility index (Phi) is 12.8. The molecule has 3 fully saturated rings. The summed E-state index contributed by atoms with van der Waals surface area (Å²) in [5.41, 5.74) is 0. The molecule has 0 radical (unpaired) electrons. The molecule has 0 bridgehead atoms. The number of hydrogen-bond donors (Lipinski definition) is 12. The lowest BCUT2D eigenvalue weighted by molar-refractivity contribution is -0.385. The Hall–Kier alpha value is -1.70. The van der Waals surface area contributed by atoms with Gasteiger partial charge in [0.15, 0.2) is 12.6 Å². The third-order valence-corrected chi connectivity index (χ3v) is 7.75. The molecule has 0 spiro atoms. The van der Waals surface area contributed by atoms with Crippen LogP contribution in [0.15, 0.2) is 0 Å². The number of nitrogens with one attached hydrogen (secondary N) is 1. The number of carboxylic acid groups (broad SMARTS) is 1. The third-order valence-electron chi connectivity index (χ3n) is 7.75. The van der Waals surface area contributed by atoms with Crippen molar-refractivity contribution in [1.29, 1.82) is 0 Å². The van der Waals surface area contributed by atoms with Crippen LogP contribution in [0.2, 0.25) is 0 Å². The highest BCUT2D eigenvalue weighted by Crippen LogP contribution is 2.39. The zero-order valence-corrected chi connectivity index (χ0v) is 23.7. The molecule has 20 heteroatoms. The summed E-state index contributed by atoms with van der Waals surface area (Å²) in [5.74, 6) is -5.44. The Morgan fingerprint density at radius 2 is 1.57 bits per heavy atom. The number of aliphatic hydroxyl groups is 10. The average Bonchev–Trinajstić information content (AvgIpc) is 2.99. The van der Waals surface area contributed by atoms with E-state index in [-0.39, 0.29) is 0 Å². The Balaban J connectivity index is 1.97. The van der Waals surface area contributed by atoms with E-state index in [4.69, 9.17) is 28.4 Å². The first-order valence-corrected chi connectivity index (χ1v) is 13.6. The van der Waals surface area contributed by atoms with Crippen LogP contribution in [0.4, 0.5) is 0 Å². The second kappa shape index (κ2) is 15.3. The van der Waals surface area contributed by atoms with E-state index in [1.54, 1.807) is 0 Å². The molecule has 3 heterocycles. The zero-order chi connectivity index (χ0) is 33.1. The van der Waals surface area contributed by atoms with E-state index in [0.717, 1.165) is 14.0 Å². The van der Waals surface area contributed by atoms with E-state index in [1.165, 1.54) is 0 Å². The maximum atomic E-state index is 12.7. The van der Waals surface area contributed by atoms with Gasteiger partial charge in [0.25, 0.3) is 5.79 Å². The summed E-state index contributed by atoms with van der Waals surface area (Å²) in [6.07, 6.45) is -26.5. The van der Waals surface area contributed by atoms with Crippen molar-refractivity contribution in [3.8, 4) is 0 Å². The van der Waals surface area contributed by atoms with Gasteiger partial charge in [0.2, 0.25) is 5.91 Å². The van der Waals surface area contributed by atoms with Gasteiger partial charge in [-0.3, -0.25) is 4.79 Å². The van der Waals surface area contributed by atoms with Gasteiger partial charge in [0.1, 0.15) is 67.1 Å². The van der Waals surface area contributed by atoms with Crippen LogP contribution in [0.1, 0.15) is 13.3 Å². The van der Waals surface area contributed by atoms with Gasteiger partial charge in [-0.15, -0.1) is 0 Å². The predicted molar refractivity (Wildman–Crippen MR) is 135 cm³/mol. The third kappa shape index (κ3) is 7.47. The van der Waals surface area contributed by atoms with Crippen LogP contribution in [0.25, 0.3) is 0 Å². The maximum Gasteiger partial charge on any atom is 0.364 e. The molecular formula is C24H41NO19. The molecule has 44 heavy (non-hydrogen) atoms. The smallest absolute Gasteiger partial charge is 0.364 e. The topological polar surface area (TPSA) is 324 Å². The van der Waals surface area contributed by atoms with Gasteiger partial charge in [-0.2, -0.15) is 0 Å². The number of rotatable bonds is 12. The first-order valence-electron chi connectivity index (χ1n) is 13.6. The molecule has 16 atom stereocenters. The number of carbonyl (C=O) groups is 2. The molecule has 1 amide bonds. The van der Waals surface area contributed by atoms with Crippen LogP contribution < -0.4 is 5.32 Å². The summed E-state index contributed by atoms with van der Waals surface area (Å²) in [5, 5.41) is 115. The molecule has 0 unspecified atom stereocenters. The number of carbonyl (C=O) groups excluding carboxylic acids is 1. The minimum absolute atomic E-state index is 0.658. The van der Waals surface area contributed by atoms with Crippen LogP contribution in [0.5, 0.6) is 0 Å². The van der Waals surface area contributed by atoms with Crippen LogP contribution in [-0.4, -0.2) is 193 Å². The normalized spacial score (nSPS) is 44.5. The molecule has 3 aliphatic rings. The Labute approximate surface area is 249 Å². The molecule has 3 rings (SSSR count). The van der Waals surface area contributed by atoms with Gasteiger partial charge >= 0.3 is 5.97 Å². The molecule has 3 aliphatic heterocycles. The van der Waals surface area contributed by atoms with E-state index < -0.39 is 136 Å². The van der Waals surface area contributed by atoms with Crippen molar-refractivity contribution >= 4 is 11.9 Å². The fourth-order valence-electron chi connectivity index (χ4n) is 5.37. The lowest BCUT2D eigenvalue weighted by Crippen LogP contribution is -2.71. The lowest BCUT2D eigenvalue weighted by atomic mass is 9.88. The summed E-state index contributed by atoms with van der Waals surface area (Å²) in [4.78, 5) is 24.6. The van der Waals surface area contributed by atoms with Crippen molar-refractivity contribution in [2.75, 3.05) is 26.9 Å². The van der Waals surface area contributed by atoms with Crippen molar-refractivity contribution in [2.45, 2.75) is 111 Å². The largest absolute Gasteiger partial charge is 0.477 e. The number of aliphatic carboxylic acids is 1. The molecule has 0 aromatic heterocycles. The van der Waals surface area contributed by atoms with Crippen molar-refractivity contribution in [1.82, 2.24) is 5.32 Å². The highest BCUT2D eigenvalue weighted by atomic mass is 16.8. The lowest BCUT2D eigenvalue weighted by Gasteiger charge is -2.51. The van der Waals surface area contributed by atoms with Crippen molar-refractivity contribution in [2.24, 2.45) is 0 Å². The summed E-state index contributed by atoms with van der Waals surface area (Å²) >= 11 is 0. The molecule has 20 nitrogen and oxygen atoms in total. The van der Waals surface area contributed by atoms with Gasteiger partial charge < -0.3 is 89.9 Å². The predicted octanol–water partition coefficient (Wildman–Crippen LogP) is -7.57. The second-order valence-electron chi connectivity index (χ2n) is 10.7. The Bertz CT molecular complexity index is 958. The molecular weight excluding hydrogens is 606 g/mol. The van der Waals surface area contributed by atoms with E-state index in [2.05, 4.69) is 5.32 Å². The van der Waals surface area contributed by atoms with Crippen LogP contribution >= 0.6 is 0 Å². The Morgan fingerprint density at radius 3 is 2.09 bits per heavy atom. The van der Waals surface area contributed by atoms with Crippen LogP contribution in [-0.2, 0) is 38.0 Å². The zero-order valence-electron chi connectivity index (χ0n) is 23.7. The van der Waals surface area contributed by atoms with Crippen LogP contribution in [0.3, 0.4) is 0 Å². The number of hydrogen-bond acceptors (Lipinski definition) is 18. The fourth-order valence-corrected chi connectivity index (χ4v) is 5.37. The highest BCUT2D eigenvalue weighted by molar-refractivity contribution is 5.76. The van der Waals surface area contributed by atoms with E-state index in [0.29, 0.717) is 0 Å². The molecule has 0 aromatic rings. The van der Waals surface area contributed by atoms with Gasteiger partial charge in [0.05, 0.1) is 32.0 Å². The molecule has 256 valence electrons. The molecule has 3 saturated heterocycles. The number of carboxylic acids is 1. The highest BCUT2D eigenvalue weighted by Gasteiger charge is 2.60. The summed E-state index contributed by atoms with van der Waals surface area (Å²) in [6, 6.07) is -1.31. The van der Waals surface area contributed by atoms with Crippen LogP contribution in [0, 0.1) is 0 Å². The number of amides is 1.